The molecule has 0 atom stereocenters. The number of aromatic nitrogens is 3. The molecule has 0 fully saturated rings. The number of hydrogen-bond donors (Lipinski definition) is 0. The Morgan fingerprint density at radius 1 is 0.919 bits per heavy atom. The summed E-state index contributed by atoms with van der Waals surface area (Å²) in [4.78, 5) is 22.5. The molecule has 0 bridgehead atoms. The standard InChI is InChI=1S/C28H31N3O6/c1-6-37-28(32)27-20(8-7-12-31-13-11-29-17-31)30-21-16-25(36-5)24(35-4)15-19(21)26(27)18-9-10-22(33-2)23(14-18)34-3/h9-11,13-17H,6-8,12H2,1-5H3. The molecule has 0 aliphatic heterocycles. The number of pyridine rings is 1. The van der Waals surface area contributed by atoms with Crippen LogP contribution in [-0.2, 0) is 17.7 Å². The van der Waals surface area contributed by atoms with Crippen molar-refractivity contribution in [1.82, 2.24) is 14.5 Å². The maximum atomic E-state index is 13.5. The first-order valence-corrected chi connectivity index (χ1v) is 12.0. The average Bonchev–Trinajstić information content (AvgIpc) is 3.44. The van der Waals surface area contributed by atoms with Gasteiger partial charge in [0.05, 0.1) is 58.1 Å². The van der Waals surface area contributed by atoms with Crippen molar-refractivity contribution in [3.05, 3.63) is 60.3 Å². The molecular weight excluding hydrogens is 474 g/mol. The van der Waals surface area contributed by atoms with Gasteiger partial charge in [0.1, 0.15) is 0 Å². The second kappa shape index (κ2) is 11.6. The third-order valence-corrected chi connectivity index (χ3v) is 6.11. The van der Waals surface area contributed by atoms with Crippen LogP contribution in [0.25, 0.3) is 22.0 Å². The van der Waals surface area contributed by atoms with Crippen LogP contribution in [0.15, 0.2) is 49.1 Å². The smallest absolute Gasteiger partial charge is 0.340 e. The average molecular weight is 506 g/mol. The highest BCUT2D eigenvalue weighted by Gasteiger charge is 2.25. The molecule has 0 N–H and O–H groups in total. The van der Waals surface area contributed by atoms with E-state index in [2.05, 4.69) is 4.98 Å². The molecule has 4 aromatic rings. The Labute approximate surface area is 215 Å². The van der Waals surface area contributed by atoms with E-state index in [9.17, 15) is 4.79 Å². The number of aryl methyl sites for hydroxylation is 2. The molecular formula is C28H31N3O6. The highest BCUT2D eigenvalue weighted by Crippen LogP contribution is 2.42. The molecule has 0 unspecified atom stereocenters. The second-order valence-electron chi connectivity index (χ2n) is 8.23. The van der Waals surface area contributed by atoms with Crippen molar-refractivity contribution in [3.8, 4) is 34.1 Å². The lowest BCUT2D eigenvalue weighted by Gasteiger charge is -2.19. The topological polar surface area (TPSA) is 93.9 Å². The minimum absolute atomic E-state index is 0.239. The number of imidazole rings is 1. The summed E-state index contributed by atoms with van der Waals surface area (Å²) in [6, 6.07) is 9.22. The van der Waals surface area contributed by atoms with E-state index in [1.54, 1.807) is 47.9 Å². The van der Waals surface area contributed by atoms with Gasteiger partial charge in [-0.2, -0.15) is 0 Å². The van der Waals surface area contributed by atoms with Gasteiger partial charge in [-0.05, 0) is 43.5 Å². The van der Waals surface area contributed by atoms with E-state index < -0.39 is 5.97 Å². The van der Waals surface area contributed by atoms with Gasteiger partial charge in [-0.15, -0.1) is 0 Å². The van der Waals surface area contributed by atoms with Crippen LogP contribution in [0.5, 0.6) is 23.0 Å². The first kappa shape index (κ1) is 25.8. The molecule has 0 saturated heterocycles. The normalized spacial score (nSPS) is 10.8. The van der Waals surface area contributed by atoms with Crippen LogP contribution >= 0.6 is 0 Å². The number of methoxy groups -OCH3 is 4. The van der Waals surface area contributed by atoms with Crippen LogP contribution in [-0.4, -0.2) is 55.6 Å². The minimum Gasteiger partial charge on any atom is -0.493 e. The molecule has 0 aliphatic rings. The lowest BCUT2D eigenvalue weighted by atomic mass is 9.92. The number of benzene rings is 2. The maximum absolute atomic E-state index is 13.5. The zero-order valence-electron chi connectivity index (χ0n) is 21.7. The number of rotatable bonds is 11. The summed E-state index contributed by atoms with van der Waals surface area (Å²) in [6.45, 7) is 2.76. The van der Waals surface area contributed by atoms with Gasteiger partial charge >= 0.3 is 5.97 Å². The van der Waals surface area contributed by atoms with Gasteiger partial charge in [0.25, 0.3) is 0 Å². The van der Waals surface area contributed by atoms with Crippen LogP contribution in [0.2, 0.25) is 0 Å². The van der Waals surface area contributed by atoms with Crippen LogP contribution in [0, 0.1) is 0 Å². The van der Waals surface area contributed by atoms with Gasteiger partial charge in [0, 0.05) is 36.0 Å². The molecule has 0 saturated carbocycles. The van der Waals surface area contributed by atoms with E-state index in [1.807, 2.05) is 41.1 Å². The van der Waals surface area contributed by atoms with E-state index in [-0.39, 0.29) is 6.61 Å². The van der Waals surface area contributed by atoms with Gasteiger partial charge in [-0.3, -0.25) is 4.98 Å². The SMILES string of the molecule is CCOC(=O)c1c(CCCn2ccnc2)nc2cc(OC)c(OC)cc2c1-c1ccc(OC)c(OC)c1. The van der Waals surface area contributed by atoms with Crippen LogP contribution in [0.4, 0.5) is 0 Å². The molecule has 9 nitrogen and oxygen atoms in total. The molecule has 0 amide bonds. The van der Waals surface area contributed by atoms with Crippen molar-refractivity contribution in [1.29, 1.82) is 0 Å². The third-order valence-electron chi connectivity index (χ3n) is 6.11. The fourth-order valence-corrected chi connectivity index (χ4v) is 4.38. The van der Waals surface area contributed by atoms with E-state index in [0.29, 0.717) is 51.8 Å². The minimum atomic E-state index is -0.436. The molecule has 0 spiro atoms. The van der Waals surface area contributed by atoms with Crippen molar-refractivity contribution in [2.75, 3.05) is 35.0 Å². The summed E-state index contributed by atoms with van der Waals surface area (Å²) in [5, 5.41) is 0.728. The Morgan fingerprint density at radius 3 is 2.27 bits per heavy atom. The van der Waals surface area contributed by atoms with Gasteiger partial charge in [-0.1, -0.05) is 6.07 Å². The predicted molar refractivity (Wildman–Crippen MR) is 140 cm³/mol. The highest BCUT2D eigenvalue weighted by atomic mass is 16.5. The number of carbonyl (C=O) groups excluding carboxylic acids is 1. The van der Waals surface area contributed by atoms with Crippen molar-refractivity contribution in [2.24, 2.45) is 0 Å². The van der Waals surface area contributed by atoms with Crippen LogP contribution in [0.1, 0.15) is 29.4 Å². The summed E-state index contributed by atoms with van der Waals surface area (Å²) >= 11 is 0. The summed E-state index contributed by atoms with van der Waals surface area (Å²) in [6.07, 6.45) is 6.72. The summed E-state index contributed by atoms with van der Waals surface area (Å²) < 4.78 is 29.6. The molecule has 2 heterocycles. The molecule has 37 heavy (non-hydrogen) atoms. The zero-order chi connectivity index (χ0) is 26.4. The monoisotopic (exact) mass is 505 g/mol. The quantitative estimate of drug-likeness (QED) is 0.265. The first-order valence-electron chi connectivity index (χ1n) is 12.0. The summed E-state index contributed by atoms with van der Waals surface area (Å²) in [7, 11) is 6.31. The maximum Gasteiger partial charge on any atom is 0.340 e. The van der Waals surface area contributed by atoms with E-state index in [4.69, 9.17) is 28.7 Å². The van der Waals surface area contributed by atoms with Crippen LogP contribution in [0.3, 0.4) is 0 Å². The molecule has 2 aromatic heterocycles. The van der Waals surface area contributed by atoms with Gasteiger partial charge in [0.2, 0.25) is 0 Å². The number of ether oxygens (including phenoxy) is 5. The Hall–Kier alpha value is -4.27. The van der Waals surface area contributed by atoms with E-state index in [1.165, 1.54) is 0 Å². The lowest BCUT2D eigenvalue weighted by Crippen LogP contribution is -2.13. The van der Waals surface area contributed by atoms with Crippen LogP contribution < -0.4 is 18.9 Å². The van der Waals surface area contributed by atoms with E-state index >= 15 is 0 Å². The van der Waals surface area contributed by atoms with Crippen molar-refractivity contribution < 1.29 is 28.5 Å². The predicted octanol–water partition coefficient (Wildman–Crippen LogP) is 4.94. The summed E-state index contributed by atoms with van der Waals surface area (Å²) in [5.41, 5.74) is 3.18. The Balaban J connectivity index is 1.98. The number of hydrogen-bond acceptors (Lipinski definition) is 8. The molecule has 4 rings (SSSR count). The number of carbonyl (C=O) groups is 1. The molecule has 0 radical (unpaired) electrons. The highest BCUT2D eigenvalue weighted by molar-refractivity contribution is 6.08. The van der Waals surface area contributed by atoms with E-state index in [0.717, 1.165) is 23.9 Å². The lowest BCUT2D eigenvalue weighted by molar-refractivity contribution is 0.0525. The molecule has 2 aromatic carbocycles. The van der Waals surface area contributed by atoms with Gasteiger partial charge in [-0.25, -0.2) is 9.78 Å². The molecule has 0 aliphatic carbocycles. The van der Waals surface area contributed by atoms with Gasteiger partial charge < -0.3 is 28.3 Å². The first-order chi connectivity index (χ1) is 18.0. The number of fused-ring (bicyclic) bond motifs is 1. The van der Waals surface area contributed by atoms with Crippen molar-refractivity contribution in [3.63, 3.8) is 0 Å². The van der Waals surface area contributed by atoms with Crippen molar-refractivity contribution >= 4 is 16.9 Å². The van der Waals surface area contributed by atoms with Gasteiger partial charge in [0.15, 0.2) is 23.0 Å². The number of esters is 1. The fourth-order valence-electron chi connectivity index (χ4n) is 4.38. The zero-order valence-corrected chi connectivity index (χ0v) is 21.7. The Morgan fingerprint density at radius 2 is 1.62 bits per heavy atom. The third kappa shape index (κ3) is 5.30. The summed E-state index contributed by atoms with van der Waals surface area (Å²) in [5.74, 6) is 1.77. The molecule has 9 heteroatoms. The Bertz CT molecular complexity index is 1380. The largest absolute Gasteiger partial charge is 0.493 e. The van der Waals surface area contributed by atoms with Crippen molar-refractivity contribution in [2.45, 2.75) is 26.3 Å². The second-order valence-corrected chi connectivity index (χ2v) is 8.23. The fraction of sp³-hybridized carbons (Fsp3) is 0.321. The number of nitrogens with zero attached hydrogens (tertiary/aromatic N) is 3. The Kier molecular flexibility index (Phi) is 8.12. The molecule has 194 valence electrons.